The number of fused-ring (bicyclic) bond motifs is 1. The number of benzene rings is 2. The molecule has 0 aliphatic carbocycles. The highest BCUT2D eigenvalue weighted by Gasteiger charge is 2.27. The molecule has 0 saturated heterocycles. The van der Waals surface area contributed by atoms with Crippen LogP contribution in [0.25, 0.3) is 21.9 Å². The van der Waals surface area contributed by atoms with E-state index < -0.39 is 11.9 Å². The minimum Gasteiger partial charge on any atom is -0.493 e. The van der Waals surface area contributed by atoms with E-state index in [1.807, 2.05) is 6.07 Å². The highest BCUT2D eigenvalue weighted by Crippen LogP contribution is 2.41. The van der Waals surface area contributed by atoms with Crippen LogP contribution in [-0.2, 0) is 9.47 Å². The Balaban J connectivity index is 2.40. The first-order chi connectivity index (χ1) is 15.0. The molecular weight excluding hydrogens is 398 g/mol. The third kappa shape index (κ3) is 4.45. The van der Waals surface area contributed by atoms with Crippen LogP contribution in [-0.4, -0.2) is 44.9 Å². The molecule has 0 aliphatic rings. The van der Waals surface area contributed by atoms with Gasteiger partial charge in [0.1, 0.15) is 0 Å². The molecule has 1 aromatic heterocycles. The maximum atomic E-state index is 12.8. The molecular formula is C24H25NO6. The third-order valence-electron chi connectivity index (χ3n) is 4.94. The van der Waals surface area contributed by atoms with Crippen molar-refractivity contribution in [2.24, 2.45) is 0 Å². The zero-order valence-electron chi connectivity index (χ0n) is 18.1. The van der Waals surface area contributed by atoms with Gasteiger partial charge in [0.25, 0.3) is 0 Å². The Morgan fingerprint density at radius 1 is 0.935 bits per heavy atom. The van der Waals surface area contributed by atoms with Gasteiger partial charge in [-0.3, -0.25) is 4.98 Å². The quantitative estimate of drug-likeness (QED) is 0.385. The first-order valence-corrected chi connectivity index (χ1v) is 9.94. The predicted molar refractivity (Wildman–Crippen MR) is 117 cm³/mol. The lowest BCUT2D eigenvalue weighted by atomic mass is 9.89. The van der Waals surface area contributed by atoms with E-state index in [0.29, 0.717) is 40.0 Å². The minimum atomic E-state index is -0.642. The van der Waals surface area contributed by atoms with Gasteiger partial charge in [0.05, 0.1) is 39.1 Å². The average Bonchev–Trinajstić information content (AvgIpc) is 2.82. The van der Waals surface area contributed by atoms with Gasteiger partial charge in [-0.2, -0.15) is 0 Å². The van der Waals surface area contributed by atoms with Crippen LogP contribution in [0.1, 0.15) is 40.5 Å². The molecule has 7 nitrogen and oxygen atoms in total. The fourth-order valence-electron chi connectivity index (χ4n) is 3.41. The van der Waals surface area contributed by atoms with Crippen LogP contribution < -0.4 is 9.47 Å². The molecule has 0 fully saturated rings. The number of carbonyl (C=O) groups is 2. The number of pyridine rings is 1. The maximum Gasteiger partial charge on any atom is 0.339 e. The van der Waals surface area contributed by atoms with Crippen molar-refractivity contribution in [3.05, 3.63) is 53.9 Å². The normalized spacial score (nSPS) is 10.6. The summed E-state index contributed by atoms with van der Waals surface area (Å²) in [5.41, 5.74) is 1.46. The van der Waals surface area contributed by atoms with Crippen molar-refractivity contribution in [3.8, 4) is 22.6 Å². The predicted octanol–water partition coefficient (Wildman–Crippen LogP) is 4.66. The first-order valence-electron chi connectivity index (χ1n) is 9.94. The van der Waals surface area contributed by atoms with Gasteiger partial charge in [0.2, 0.25) is 0 Å². The molecule has 0 N–H and O–H groups in total. The van der Waals surface area contributed by atoms with E-state index in [9.17, 15) is 9.59 Å². The molecule has 3 aromatic rings. The van der Waals surface area contributed by atoms with Gasteiger partial charge in [0.15, 0.2) is 11.5 Å². The number of esters is 2. The van der Waals surface area contributed by atoms with Gasteiger partial charge in [-0.15, -0.1) is 0 Å². The van der Waals surface area contributed by atoms with E-state index >= 15 is 0 Å². The molecule has 0 spiro atoms. The van der Waals surface area contributed by atoms with E-state index in [1.54, 1.807) is 43.8 Å². The van der Waals surface area contributed by atoms with Crippen molar-refractivity contribution in [3.63, 3.8) is 0 Å². The SMILES string of the molecule is CCCCOc1cc2cc(C(=O)OC)c(C(=O)OC)c(-c3ccncc3)c2cc1OC. The van der Waals surface area contributed by atoms with E-state index in [1.165, 1.54) is 14.2 Å². The topological polar surface area (TPSA) is 84.0 Å². The summed E-state index contributed by atoms with van der Waals surface area (Å²) in [6.45, 7) is 2.62. The first kappa shape index (κ1) is 22.1. The molecule has 7 heteroatoms. The Kier molecular flexibility index (Phi) is 7.07. The minimum absolute atomic E-state index is 0.110. The zero-order chi connectivity index (χ0) is 22.4. The molecule has 0 amide bonds. The molecule has 162 valence electrons. The molecule has 0 bridgehead atoms. The van der Waals surface area contributed by atoms with Crippen molar-refractivity contribution in [1.29, 1.82) is 0 Å². The number of hydrogen-bond acceptors (Lipinski definition) is 7. The fraction of sp³-hybridized carbons (Fsp3) is 0.292. The lowest BCUT2D eigenvalue weighted by molar-refractivity contribution is 0.0556. The summed E-state index contributed by atoms with van der Waals surface area (Å²) in [7, 11) is 4.10. The van der Waals surface area contributed by atoms with Crippen molar-refractivity contribution < 1.29 is 28.5 Å². The van der Waals surface area contributed by atoms with Crippen LogP contribution in [0.3, 0.4) is 0 Å². The van der Waals surface area contributed by atoms with Crippen LogP contribution in [0, 0.1) is 0 Å². The molecule has 3 rings (SSSR count). The molecule has 0 unspecified atom stereocenters. The van der Waals surface area contributed by atoms with Gasteiger partial charge < -0.3 is 18.9 Å². The monoisotopic (exact) mass is 423 g/mol. The molecule has 1 heterocycles. The molecule has 0 atom stereocenters. The average molecular weight is 423 g/mol. The lowest BCUT2D eigenvalue weighted by Crippen LogP contribution is -2.14. The van der Waals surface area contributed by atoms with Gasteiger partial charge in [0, 0.05) is 18.0 Å². The van der Waals surface area contributed by atoms with E-state index in [0.717, 1.165) is 12.8 Å². The van der Waals surface area contributed by atoms with Gasteiger partial charge in [-0.05, 0) is 53.1 Å². The second-order valence-electron chi connectivity index (χ2n) is 6.82. The largest absolute Gasteiger partial charge is 0.493 e. The Labute approximate surface area is 180 Å². The van der Waals surface area contributed by atoms with Crippen LogP contribution in [0.15, 0.2) is 42.7 Å². The summed E-state index contributed by atoms with van der Waals surface area (Å²) in [5.74, 6) is -0.190. The lowest BCUT2D eigenvalue weighted by Gasteiger charge is -2.18. The Morgan fingerprint density at radius 3 is 2.26 bits per heavy atom. The number of carbonyl (C=O) groups excluding carboxylic acids is 2. The van der Waals surface area contributed by atoms with Gasteiger partial charge in [-0.1, -0.05) is 13.3 Å². The number of rotatable bonds is 8. The Hall–Kier alpha value is -3.61. The number of nitrogens with zero attached hydrogens (tertiary/aromatic N) is 1. The Morgan fingerprint density at radius 2 is 1.65 bits per heavy atom. The van der Waals surface area contributed by atoms with Crippen LogP contribution in [0.4, 0.5) is 0 Å². The van der Waals surface area contributed by atoms with Crippen molar-refractivity contribution >= 4 is 22.7 Å². The molecule has 0 radical (unpaired) electrons. The molecule has 2 aromatic carbocycles. The van der Waals surface area contributed by atoms with Crippen molar-refractivity contribution in [1.82, 2.24) is 4.98 Å². The maximum absolute atomic E-state index is 12.8. The summed E-state index contributed by atoms with van der Waals surface area (Å²) in [5, 5.41) is 1.41. The van der Waals surface area contributed by atoms with Crippen molar-refractivity contribution in [2.75, 3.05) is 27.9 Å². The molecule has 31 heavy (non-hydrogen) atoms. The van der Waals surface area contributed by atoms with Gasteiger partial charge in [-0.25, -0.2) is 9.59 Å². The highest BCUT2D eigenvalue weighted by molar-refractivity contribution is 6.15. The second kappa shape index (κ2) is 9.93. The third-order valence-corrected chi connectivity index (χ3v) is 4.94. The van der Waals surface area contributed by atoms with Gasteiger partial charge >= 0.3 is 11.9 Å². The number of unbranched alkanes of at least 4 members (excludes halogenated alkanes) is 1. The summed E-state index contributed by atoms with van der Waals surface area (Å²) in [4.78, 5) is 29.4. The summed E-state index contributed by atoms with van der Waals surface area (Å²) in [6.07, 6.45) is 5.13. The smallest absolute Gasteiger partial charge is 0.339 e. The number of ether oxygens (including phenoxy) is 4. The highest BCUT2D eigenvalue weighted by atomic mass is 16.5. The van der Waals surface area contributed by atoms with Crippen LogP contribution in [0.2, 0.25) is 0 Å². The summed E-state index contributed by atoms with van der Waals surface area (Å²) >= 11 is 0. The van der Waals surface area contributed by atoms with Crippen molar-refractivity contribution in [2.45, 2.75) is 19.8 Å². The fourth-order valence-corrected chi connectivity index (χ4v) is 3.41. The summed E-state index contributed by atoms with van der Waals surface area (Å²) < 4.78 is 21.4. The van der Waals surface area contributed by atoms with E-state index in [-0.39, 0.29) is 11.1 Å². The van der Waals surface area contributed by atoms with E-state index in [4.69, 9.17) is 18.9 Å². The summed E-state index contributed by atoms with van der Waals surface area (Å²) in [6, 6.07) is 8.76. The number of methoxy groups -OCH3 is 3. The Bertz CT molecular complexity index is 1090. The second-order valence-corrected chi connectivity index (χ2v) is 6.82. The molecule has 0 aliphatic heterocycles. The number of aromatic nitrogens is 1. The standard InChI is InChI=1S/C24H25NO6/c1-5-6-11-31-20-13-16-12-18(23(26)29-3)22(24(27)30-4)21(15-7-9-25-10-8-15)17(16)14-19(20)28-2/h7-10,12-14H,5-6,11H2,1-4H3. The number of hydrogen-bond donors (Lipinski definition) is 0. The van der Waals surface area contributed by atoms with Crippen LogP contribution >= 0.6 is 0 Å². The van der Waals surface area contributed by atoms with E-state index in [2.05, 4.69) is 11.9 Å². The molecule has 0 saturated carbocycles. The zero-order valence-corrected chi connectivity index (χ0v) is 18.1. The van der Waals surface area contributed by atoms with Crippen LogP contribution in [0.5, 0.6) is 11.5 Å².